The van der Waals surface area contributed by atoms with Crippen LogP contribution >= 0.6 is 0 Å². The van der Waals surface area contributed by atoms with Gasteiger partial charge in [-0.1, -0.05) is 12.1 Å². The van der Waals surface area contributed by atoms with Crippen LogP contribution in [0.15, 0.2) is 33.5 Å². The first kappa shape index (κ1) is 12.6. The largest absolute Gasteiger partial charge is 0.434 e. The van der Waals surface area contributed by atoms with Gasteiger partial charge in [-0.25, -0.2) is 0 Å². The molecular formula is C13H12N2O5. The highest BCUT2D eigenvalue weighted by molar-refractivity contribution is 5.81. The van der Waals surface area contributed by atoms with Gasteiger partial charge < -0.3 is 14.1 Å². The molecule has 1 fully saturated rings. The van der Waals surface area contributed by atoms with Crippen LogP contribution in [0.1, 0.15) is 0 Å². The molecule has 1 aliphatic rings. The minimum absolute atomic E-state index is 0.0157. The highest BCUT2D eigenvalue weighted by Crippen LogP contribution is 2.29. The summed E-state index contributed by atoms with van der Waals surface area (Å²) in [5, 5.41) is 11.4. The number of para-hydroxylation sites is 1. The zero-order valence-electron chi connectivity index (χ0n) is 10.6. The summed E-state index contributed by atoms with van der Waals surface area (Å²) in [6.07, 6.45) is 0. The second-order valence-corrected chi connectivity index (χ2v) is 4.44. The molecule has 1 saturated heterocycles. The quantitative estimate of drug-likeness (QED) is 0.611. The van der Waals surface area contributed by atoms with Crippen LogP contribution in [-0.2, 0) is 4.74 Å². The Balaban J connectivity index is 2.26. The van der Waals surface area contributed by atoms with E-state index in [-0.39, 0.29) is 11.3 Å². The molecule has 0 N–H and O–H groups in total. The Morgan fingerprint density at radius 2 is 1.90 bits per heavy atom. The van der Waals surface area contributed by atoms with E-state index in [0.717, 1.165) is 0 Å². The number of nitro groups is 1. The van der Waals surface area contributed by atoms with Crippen LogP contribution in [0.25, 0.3) is 11.0 Å². The fourth-order valence-corrected chi connectivity index (χ4v) is 2.26. The van der Waals surface area contributed by atoms with Crippen molar-refractivity contribution in [2.45, 2.75) is 0 Å². The van der Waals surface area contributed by atoms with Crippen molar-refractivity contribution in [3.8, 4) is 0 Å². The number of benzene rings is 1. The lowest BCUT2D eigenvalue weighted by molar-refractivity contribution is -0.386. The number of nitrogens with zero attached hydrogens (tertiary/aromatic N) is 2. The number of anilines is 1. The van der Waals surface area contributed by atoms with E-state index in [0.29, 0.717) is 31.9 Å². The van der Waals surface area contributed by atoms with Gasteiger partial charge in [0.25, 0.3) is 11.3 Å². The molecule has 0 spiro atoms. The van der Waals surface area contributed by atoms with Gasteiger partial charge >= 0.3 is 5.69 Å². The van der Waals surface area contributed by atoms with Gasteiger partial charge in [-0.05, 0) is 12.1 Å². The van der Waals surface area contributed by atoms with Crippen LogP contribution in [0.5, 0.6) is 0 Å². The molecule has 1 aliphatic heterocycles. The molecule has 2 aromatic rings. The third-order valence-electron chi connectivity index (χ3n) is 3.24. The lowest BCUT2D eigenvalue weighted by Gasteiger charge is -2.26. The monoisotopic (exact) mass is 276 g/mol. The highest BCUT2D eigenvalue weighted by Gasteiger charge is 2.29. The summed E-state index contributed by atoms with van der Waals surface area (Å²) in [4.78, 5) is 24.5. The smallest absolute Gasteiger partial charge is 0.376 e. The van der Waals surface area contributed by atoms with Crippen molar-refractivity contribution < 1.29 is 14.1 Å². The maximum absolute atomic E-state index is 12.3. The fraction of sp³-hybridized carbons (Fsp3) is 0.308. The van der Waals surface area contributed by atoms with E-state index in [1.807, 2.05) is 0 Å². The van der Waals surface area contributed by atoms with Gasteiger partial charge in [-0.15, -0.1) is 0 Å². The predicted octanol–water partition coefficient (Wildman–Crippen LogP) is 1.54. The van der Waals surface area contributed by atoms with E-state index in [4.69, 9.17) is 9.15 Å². The van der Waals surface area contributed by atoms with Crippen molar-refractivity contribution in [2.24, 2.45) is 0 Å². The Morgan fingerprint density at radius 3 is 2.60 bits per heavy atom. The summed E-state index contributed by atoms with van der Waals surface area (Å²) >= 11 is 0. The molecule has 2 heterocycles. The first-order valence-electron chi connectivity index (χ1n) is 6.21. The third kappa shape index (κ3) is 2.01. The number of hydrogen-bond acceptors (Lipinski definition) is 6. The molecule has 0 aliphatic carbocycles. The zero-order chi connectivity index (χ0) is 14.1. The lowest BCUT2D eigenvalue weighted by Crippen LogP contribution is -2.37. The second-order valence-electron chi connectivity index (χ2n) is 4.44. The molecule has 0 bridgehead atoms. The van der Waals surface area contributed by atoms with Gasteiger partial charge in [0, 0.05) is 13.1 Å². The number of fused-ring (bicyclic) bond motifs is 1. The molecule has 0 radical (unpaired) electrons. The SMILES string of the molecule is O=c1c([N+](=O)[O-])c(N2CCOCC2)oc2ccccc12. The Labute approximate surface area is 113 Å². The van der Waals surface area contributed by atoms with Crippen LogP contribution < -0.4 is 10.3 Å². The Hall–Kier alpha value is -2.41. The van der Waals surface area contributed by atoms with Crippen molar-refractivity contribution in [3.63, 3.8) is 0 Å². The first-order chi connectivity index (χ1) is 9.68. The Bertz CT molecular complexity index is 718. The van der Waals surface area contributed by atoms with Gasteiger partial charge in [0.15, 0.2) is 0 Å². The molecule has 0 amide bonds. The van der Waals surface area contributed by atoms with Crippen LogP contribution in [-0.4, -0.2) is 31.2 Å². The van der Waals surface area contributed by atoms with E-state index in [1.165, 1.54) is 6.07 Å². The van der Waals surface area contributed by atoms with Crippen LogP contribution in [0, 0.1) is 10.1 Å². The van der Waals surface area contributed by atoms with Crippen molar-refractivity contribution >= 4 is 22.5 Å². The van der Waals surface area contributed by atoms with E-state index >= 15 is 0 Å². The minimum Gasteiger partial charge on any atom is -0.434 e. The number of hydrogen-bond donors (Lipinski definition) is 0. The molecule has 0 saturated carbocycles. The molecule has 7 heteroatoms. The summed E-state index contributed by atoms with van der Waals surface area (Å²) in [5.41, 5.74) is -0.770. The molecule has 0 unspecified atom stereocenters. The Kier molecular flexibility index (Phi) is 3.11. The summed E-state index contributed by atoms with van der Waals surface area (Å²) in [6.45, 7) is 1.83. The van der Waals surface area contributed by atoms with E-state index in [1.54, 1.807) is 23.1 Å². The van der Waals surface area contributed by atoms with E-state index < -0.39 is 16.0 Å². The maximum atomic E-state index is 12.3. The lowest BCUT2D eigenvalue weighted by atomic mass is 10.2. The molecule has 3 rings (SSSR count). The highest BCUT2D eigenvalue weighted by atomic mass is 16.6. The Morgan fingerprint density at radius 1 is 1.20 bits per heavy atom. The van der Waals surface area contributed by atoms with Crippen LogP contribution in [0.3, 0.4) is 0 Å². The van der Waals surface area contributed by atoms with Gasteiger partial charge in [0.05, 0.1) is 23.5 Å². The predicted molar refractivity (Wildman–Crippen MR) is 72.2 cm³/mol. The van der Waals surface area contributed by atoms with Crippen LogP contribution in [0.2, 0.25) is 0 Å². The molecule has 0 atom stereocenters. The summed E-state index contributed by atoms with van der Waals surface area (Å²) in [6, 6.07) is 6.53. The molecule has 1 aromatic heterocycles. The minimum atomic E-state index is -0.678. The fourth-order valence-electron chi connectivity index (χ4n) is 2.26. The zero-order valence-corrected chi connectivity index (χ0v) is 10.6. The first-order valence-corrected chi connectivity index (χ1v) is 6.21. The van der Waals surface area contributed by atoms with Gasteiger partial charge in [0.1, 0.15) is 5.58 Å². The van der Waals surface area contributed by atoms with Crippen molar-refractivity contribution in [1.82, 2.24) is 0 Å². The normalized spacial score (nSPS) is 15.5. The van der Waals surface area contributed by atoms with E-state index in [2.05, 4.69) is 0 Å². The maximum Gasteiger partial charge on any atom is 0.376 e. The summed E-state index contributed by atoms with van der Waals surface area (Å²) in [5.74, 6) is 0.0157. The molecule has 7 nitrogen and oxygen atoms in total. The summed E-state index contributed by atoms with van der Waals surface area (Å²) < 4.78 is 10.8. The number of morpholine rings is 1. The van der Waals surface area contributed by atoms with Crippen molar-refractivity contribution in [1.29, 1.82) is 0 Å². The number of rotatable bonds is 2. The summed E-state index contributed by atoms with van der Waals surface area (Å²) in [7, 11) is 0. The van der Waals surface area contributed by atoms with E-state index in [9.17, 15) is 14.9 Å². The second kappa shape index (κ2) is 4.93. The van der Waals surface area contributed by atoms with Gasteiger partial charge in [0.2, 0.25) is 0 Å². The van der Waals surface area contributed by atoms with Gasteiger partial charge in [-0.3, -0.25) is 14.9 Å². The average molecular weight is 276 g/mol. The molecule has 104 valence electrons. The molecule has 20 heavy (non-hydrogen) atoms. The molecule has 1 aromatic carbocycles. The standard InChI is InChI=1S/C13H12N2O5/c16-12-9-3-1-2-4-10(9)20-13(11(12)15(17)18)14-5-7-19-8-6-14/h1-4H,5-8H2. The third-order valence-corrected chi connectivity index (χ3v) is 3.24. The van der Waals surface area contributed by atoms with Crippen molar-refractivity contribution in [3.05, 3.63) is 44.6 Å². The average Bonchev–Trinajstić information content (AvgIpc) is 2.47. The van der Waals surface area contributed by atoms with Crippen LogP contribution in [0.4, 0.5) is 11.6 Å². The molecular weight excluding hydrogens is 264 g/mol. The van der Waals surface area contributed by atoms with Crippen molar-refractivity contribution in [2.75, 3.05) is 31.2 Å². The topological polar surface area (TPSA) is 85.8 Å². The van der Waals surface area contributed by atoms with Gasteiger partial charge in [-0.2, -0.15) is 0 Å². The number of ether oxygens (including phenoxy) is 1.